The van der Waals surface area contributed by atoms with Gasteiger partial charge in [-0.15, -0.1) is 0 Å². The molecule has 0 aliphatic heterocycles. The fourth-order valence-electron chi connectivity index (χ4n) is 1.95. The van der Waals surface area contributed by atoms with E-state index in [2.05, 4.69) is 16.2 Å². The molecule has 2 aromatic heterocycles. The number of nitriles is 1. The Labute approximate surface area is 112 Å². The third kappa shape index (κ3) is 3.20. The Morgan fingerprint density at radius 3 is 3.00 bits per heavy atom. The predicted molar refractivity (Wildman–Crippen MR) is 69.2 cm³/mol. The predicted octanol–water partition coefficient (Wildman–Crippen LogP) is 1.75. The zero-order valence-electron chi connectivity index (χ0n) is 11.2. The first-order valence-corrected chi connectivity index (χ1v) is 6.29. The van der Waals surface area contributed by atoms with Gasteiger partial charge < -0.3 is 9.30 Å². The van der Waals surface area contributed by atoms with E-state index < -0.39 is 0 Å². The highest BCUT2D eigenvalue weighted by atomic mass is 16.5. The van der Waals surface area contributed by atoms with E-state index in [0.717, 1.165) is 12.4 Å². The Morgan fingerprint density at radius 1 is 1.47 bits per heavy atom. The lowest BCUT2D eigenvalue weighted by Crippen LogP contribution is -2.13. The van der Waals surface area contributed by atoms with Crippen molar-refractivity contribution in [1.29, 1.82) is 5.26 Å². The van der Waals surface area contributed by atoms with Gasteiger partial charge in [0.25, 0.3) is 0 Å². The highest BCUT2D eigenvalue weighted by Gasteiger charge is 2.11. The molecule has 1 atom stereocenters. The minimum atomic E-state index is -0.0210. The second-order valence-electron chi connectivity index (χ2n) is 4.18. The van der Waals surface area contributed by atoms with Crippen LogP contribution in [0.1, 0.15) is 31.3 Å². The lowest BCUT2D eigenvalue weighted by molar-refractivity contribution is 0.0672. The molecule has 6 heteroatoms. The Hall–Kier alpha value is -2.13. The van der Waals surface area contributed by atoms with Crippen LogP contribution in [0.25, 0.3) is 0 Å². The van der Waals surface area contributed by atoms with Gasteiger partial charge in [-0.1, -0.05) is 0 Å². The smallest absolute Gasteiger partial charge is 0.137 e. The van der Waals surface area contributed by atoms with Crippen molar-refractivity contribution in [3.8, 4) is 6.07 Å². The van der Waals surface area contributed by atoms with Crippen LogP contribution in [0.4, 0.5) is 0 Å². The van der Waals surface area contributed by atoms with Crippen molar-refractivity contribution in [2.75, 3.05) is 6.61 Å². The molecule has 0 saturated carbocycles. The third-order valence-corrected chi connectivity index (χ3v) is 2.86. The number of hydrogen-bond donors (Lipinski definition) is 0. The topological polar surface area (TPSA) is 68.7 Å². The maximum Gasteiger partial charge on any atom is 0.137 e. The molecule has 0 aliphatic carbocycles. The van der Waals surface area contributed by atoms with Crippen molar-refractivity contribution >= 4 is 0 Å². The highest BCUT2D eigenvalue weighted by molar-refractivity contribution is 5.21. The molecule has 0 aliphatic rings. The van der Waals surface area contributed by atoms with Gasteiger partial charge in [0.15, 0.2) is 0 Å². The lowest BCUT2D eigenvalue weighted by Gasteiger charge is -2.14. The highest BCUT2D eigenvalue weighted by Crippen LogP contribution is 2.14. The fourth-order valence-corrected chi connectivity index (χ4v) is 1.95. The fraction of sp³-hybridized carbons (Fsp3) is 0.462. The second-order valence-corrected chi connectivity index (χ2v) is 4.18. The van der Waals surface area contributed by atoms with Gasteiger partial charge in [0, 0.05) is 31.7 Å². The molecule has 100 valence electrons. The van der Waals surface area contributed by atoms with Gasteiger partial charge in [0.05, 0.1) is 18.3 Å². The maximum atomic E-state index is 8.74. The summed E-state index contributed by atoms with van der Waals surface area (Å²) in [5.41, 5.74) is 0.577. The van der Waals surface area contributed by atoms with Crippen LogP contribution in [0.3, 0.4) is 0 Å². The third-order valence-electron chi connectivity index (χ3n) is 2.86. The maximum absolute atomic E-state index is 8.74. The largest absolute Gasteiger partial charge is 0.371 e. The SMILES string of the molecule is CCO[C@@H](C)c1nccn1CCn1cc(C#N)cn1. The molecule has 2 rings (SSSR count). The van der Waals surface area contributed by atoms with Gasteiger partial charge in [-0.05, 0) is 13.8 Å². The van der Waals surface area contributed by atoms with Gasteiger partial charge in [0.1, 0.15) is 18.0 Å². The minimum absolute atomic E-state index is 0.0210. The van der Waals surface area contributed by atoms with Gasteiger partial charge in [-0.25, -0.2) is 4.98 Å². The molecule has 0 N–H and O–H groups in total. The molecule has 2 heterocycles. The number of imidazole rings is 1. The summed E-state index contributed by atoms with van der Waals surface area (Å²) in [6.07, 6.45) is 6.99. The van der Waals surface area contributed by atoms with E-state index in [9.17, 15) is 0 Å². The Balaban J connectivity index is 2.00. The average molecular weight is 259 g/mol. The molecular weight excluding hydrogens is 242 g/mol. The molecule has 2 aromatic rings. The Morgan fingerprint density at radius 2 is 2.32 bits per heavy atom. The second kappa shape index (κ2) is 6.16. The normalized spacial score (nSPS) is 12.3. The van der Waals surface area contributed by atoms with Crippen molar-refractivity contribution in [3.05, 3.63) is 36.2 Å². The summed E-state index contributed by atoms with van der Waals surface area (Å²) in [6.45, 7) is 6.07. The zero-order chi connectivity index (χ0) is 13.7. The Bertz CT molecular complexity index is 566. The van der Waals surface area contributed by atoms with E-state index in [1.54, 1.807) is 23.3 Å². The van der Waals surface area contributed by atoms with E-state index in [4.69, 9.17) is 10.00 Å². The number of hydrogen-bond acceptors (Lipinski definition) is 4. The van der Waals surface area contributed by atoms with Gasteiger partial charge in [-0.2, -0.15) is 10.4 Å². The molecule has 0 bridgehead atoms. The van der Waals surface area contributed by atoms with Crippen LogP contribution in [-0.4, -0.2) is 25.9 Å². The van der Waals surface area contributed by atoms with Crippen molar-refractivity contribution in [3.63, 3.8) is 0 Å². The van der Waals surface area contributed by atoms with E-state index in [1.165, 1.54) is 0 Å². The van der Waals surface area contributed by atoms with Crippen LogP contribution in [0.5, 0.6) is 0 Å². The molecule has 0 aromatic carbocycles. The molecular formula is C13H17N5O. The van der Waals surface area contributed by atoms with Crippen molar-refractivity contribution in [2.45, 2.75) is 33.0 Å². The number of aromatic nitrogens is 4. The van der Waals surface area contributed by atoms with Gasteiger partial charge >= 0.3 is 0 Å². The number of aryl methyl sites for hydroxylation is 2. The summed E-state index contributed by atoms with van der Waals surface area (Å²) in [5.74, 6) is 0.912. The van der Waals surface area contributed by atoms with E-state index in [-0.39, 0.29) is 6.10 Å². The van der Waals surface area contributed by atoms with Crippen LogP contribution in [-0.2, 0) is 17.8 Å². The summed E-state index contributed by atoms with van der Waals surface area (Å²) >= 11 is 0. The van der Waals surface area contributed by atoms with Crippen LogP contribution in [0.15, 0.2) is 24.8 Å². The molecule has 0 unspecified atom stereocenters. The van der Waals surface area contributed by atoms with Crippen LogP contribution in [0, 0.1) is 11.3 Å². The molecule has 0 radical (unpaired) electrons. The van der Waals surface area contributed by atoms with Crippen LogP contribution < -0.4 is 0 Å². The van der Waals surface area contributed by atoms with Crippen LogP contribution >= 0.6 is 0 Å². The number of nitrogens with zero attached hydrogens (tertiary/aromatic N) is 5. The van der Waals surface area contributed by atoms with Gasteiger partial charge in [-0.3, -0.25) is 4.68 Å². The number of rotatable bonds is 6. The van der Waals surface area contributed by atoms with Crippen molar-refractivity contribution in [2.24, 2.45) is 0 Å². The standard InChI is InChI=1S/C13H17N5O/c1-3-19-11(2)13-15-4-5-17(13)6-7-18-10-12(8-14)9-16-18/h4-5,9-11H,3,6-7H2,1-2H3/t11-/m0/s1. The van der Waals surface area contributed by atoms with E-state index in [1.807, 2.05) is 24.6 Å². The first kappa shape index (κ1) is 13.3. The first-order valence-electron chi connectivity index (χ1n) is 6.29. The molecule has 19 heavy (non-hydrogen) atoms. The van der Waals surface area contributed by atoms with E-state index in [0.29, 0.717) is 18.7 Å². The monoisotopic (exact) mass is 259 g/mol. The minimum Gasteiger partial charge on any atom is -0.371 e. The summed E-state index contributed by atoms with van der Waals surface area (Å²) in [6, 6.07) is 2.06. The number of ether oxygens (including phenoxy) is 1. The molecule has 0 saturated heterocycles. The molecule has 0 fully saturated rings. The zero-order valence-corrected chi connectivity index (χ0v) is 11.2. The lowest BCUT2D eigenvalue weighted by atomic mass is 10.3. The first-order chi connectivity index (χ1) is 9.24. The summed E-state index contributed by atoms with van der Waals surface area (Å²) in [5, 5.41) is 12.9. The Kier molecular flexibility index (Phi) is 4.31. The summed E-state index contributed by atoms with van der Waals surface area (Å²) in [7, 11) is 0. The molecule has 0 amide bonds. The summed E-state index contributed by atoms with van der Waals surface area (Å²) in [4.78, 5) is 4.32. The average Bonchev–Trinajstić information content (AvgIpc) is 3.05. The summed E-state index contributed by atoms with van der Waals surface area (Å²) < 4.78 is 9.36. The van der Waals surface area contributed by atoms with Crippen LogP contribution in [0.2, 0.25) is 0 Å². The van der Waals surface area contributed by atoms with Crippen molar-refractivity contribution < 1.29 is 4.74 Å². The van der Waals surface area contributed by atoms with E-state index >= 15 is 0 Å². The molecule has 0 spiro atoms. The quantitative estimate of drug-likeness (QED) is 0.792. The van der Waals surface area contributed by atoms with Gasteiger partial charge in [0.2, 0.25) is 0 Å². The van der Waals surface area contributed by atoms with Crippen molar-refractivity contribution in [1.82, 2.24) is 19.3 Å². The molecule has 6 nitrogen and oxygen atoms in total.